The fraction of sp³-hybridized carbons (Fsp3) is 0.323. The fourth-order valence-corrected chi connectivity index (χ4v) is 6.55. The van der Waals surface area contributed by atoms with Gasteiger partial charge in [-0.05, 0) is 47.4 Å². The van der Waals surface area contributed by atoms with Gasteiger partial charge >= 0.3 is 5.89 Å². The number of hydroxylamine groups is 1. The summed E-state index contributed by atoms with van der Waals surface area (Å²) in [5.74, 6) is -0.144. The molecule has 1 aliphatic carbocycles. The van der Waals surface area contributed by atoms with E-state index in [4.69, 9.17) is 25.0 Å². The van der Waals surface area contributed by atoms with E-state index in [-0.39, 0.29) is 31.0 Å². The Labute approximate surface area is 267 Å². The standard InChI is InChI=1S/C31H34ClN3O8S2/c1-3-22(19-31-35(15-17-45(39,40)43-33-4-2)27-21-25(32)11-13-29(27)42-31)18-30-34(14-16-44(36,37)38)26-20-24(10-12-28(26)41-30)23-8-6-5-7-9-23/h5-13,18-21,27,29,33H,3-4,14-17H2,1-2H3. The van der Waals surface area contributed by atoms with Crippen LogP contribution in [0.15, 0.2) is 93.7 Å². The molecule has 0 amide bonds. The summed E-state index contributed by atoms with van der Waals surface area (Å²) in [5.41, 5.74) is 6.16. The number of fused-ring (bicyclic) bond motifs is 2. The molecule has 2 unspecified atom stereocenters. The Morgan fingerprint density at radius 1 is 1.11 bits per heavy atom. The quantitative estimate of drug-likeness (QED) is 0.159. The third kappa shape index (κ3) is 8.23. The summed E-state index contributed by atoms with van der Waals surface area (Å²) in [5, 5.41) is 0.510. The highest BCUT2D eigenvalue weighted by atomic mass is 35.5. The van der Waals surface area contributed by atoms with Crippen molar-refractivity contribution in [2.24, 2.45) is 0 Å². The molecule has 2 aliphatic rings. The molecular weight excluding hydrogens is 642 g/mol. The second kappa shape index (κ2) is 13.9. The van der Waals surface area contributed by atoms with Crippen LogP contribution in [0.3, 0.4) is 0 Å². The van der Waals surface area contributed by atoms with Gasteiger partial charge in [0.1, 0.15) is 16.2 Å². The lowest BCUT2D eigenvalue weighted by Crippen LogP contribution is -2.38. The van der Waals surface area contributed by atoms with Crippen LogP contribution in [0.5, 0.6) is 0 Å². The average molecular weight is 676 g/mol. The van der Waals surface area contributed by atoms with E-state index in [0.29, 0.717) is 40.9 Å². The largest absolute Gasteiger partial charge is 0.748 e. The van der Waals surface area contributed by atoms with Crippen LogP contribution in [-0.4, -0.2) is 63.0 Å². The number of nitrogens with one attached hydrogen (secondary N) is 1. The normalized spacial score (nSPS) is 19.6. The first kappa shape index (κ1) is 32.9. The summed E-state index contributed by atoms with van der Waals surface area (Å²) in [6, 6.07) is 15.0. The van der Waals surface area contributed by atoms with E-state index >= 15 is 0 Å². The highest BCUT2D eigenvalue weighted by molar-refractivity contribution is 7.86. The van der Waals surface area contributed by atoms with Gasteiger partial charge in [-0.15, -0.1) is 0 Å². The number of aryl methyl sites for hydroxylation is 1. The van der Waals surface area contributed by atoms with Gasteiger partial charge in [-0.25, -0.2) is 8.42 Å². The lowest BCUT2D eigenvalue weighted by Gasteiger charge is -2.24. The minimum absolute atomic E-state index is 0.0699. The van der Waals surface area contributed by atoms with Crippen molar-refractivity contribution >= 4 is 49.0 Å². The Kier molecular flexibility index (Phi) is 10.2. The monoisotopic (exact) mass is 675 g/mol. The zero-order valence-corrected chi connectivity index (χ0v) is 27.1. The molecule has 2 aromatic carbocycles. The number of aromatic nitrogens is 1. The van der Waals surface area contributed by atoms with Gasteiger partial charge < -0.3 is 18.6 Å². The molecule has 1 N–H and O–H groups in total. The van der Waals surface area contributed by atoms with Crippen LogP contribution in [0, 0.1) is 0 Å². The molecule has 11 nitrogen and oxygen atoms in total. The number of hydrogen-bond acceptors (Lipinski definition) is 10. The second-order valence-corrected chi connectivity index (χ2v) is 14.1. The van der Waals surface area contributed by atoms with E-state index in [9.17, 15) is 21.4 Å². The molecule has 5 rings (SSSR count). The van der Waals surface area contributed by atoms with Crippen LogP contribution >= 0.6 is 11.6 Å². The predicted octanol–water partition coefficient (Wildman–Crippen LogP) is 4.20. The molecule has 45 heavy (non-hydrogen) atoms. The lowest BCUT2D eigenvalue weighted by atomic mass is 10.1. The number of halogens is 1. The molecule has 1 saturated heterocycles. The van der Waals surface area contributed by atoms with Crippen molar-refractivity contribution in [3.63, 3.8) is 0 Å². The molecule has 0 saturated carbocycles. The molecule has 2 heterocycles. The zero-order chi connectivity index (χ0) is 32.2. The number of hydrogen-bond donors (Lipinski definition) is 1. The SMILES string of the molecule is CCNOS(=O)(=O)CCN1C(=CC(=Cc2oc3ccc(-c4ccccc4)cc3[n+]2CCS(=O)(=O)[O-])CC)OC2C=CC(Cl)=CC21. The molecule has 0 radical (unpaired) electrons. The van der Waals surface area contributed by atoms with Crippen molar-refractivity contribution in [3.05, 3.63) is 95.2 Å². The van der Waals surface area contributed by atoms with Gasteiger partial charge in [0.05, 0.1) is 23.6 Å². The number of benzene rings is 2. The van der Waals surface area contributed by atoms with Crippen LogP contribution in [0.4, 0.5) is 0 Å². The molecule has 1 aromatic heterocycles. The van der Waals surface area contributed by atoms with E-state index in [1.807, 2.05) is 66.4 Å². The maximum atomic E-state index is 12.4. The fourth-order valence-electron chi connectivity index (χ4n) is 5.14. The summed E-state index contributed by atoms with van der Waals surface area (Å²) >= 11 is 6.29. The zero-order valence-electron chi connectivity index (χ0n) is 24.8. The first-order chi connectivity index (χ1) is 21.5. The summed E-state index contributed by atoms with van der Waals surface area (Å²) in [4.78, 5) is 1.82. The first-order valence-electron chi connectivity index (χ1n) is 14.5. The molecule has 3 aromatic rings. The van der Waals surface area contributed by atoms with Crippen LogP contribution < -0.4 is 10.0 Å². The second-order valence-electron chi connectivity index (χ2n) is 10.5. The van der Waals surface area contributed by atoms with E-state index in [0.717, 1.165) is 16.7 Å². The Hall–Kier alpha value is -3.46. The number of oxazole rings is 1. The Morgan fingerprint density at radius 3 is 2.60 bits per heavy atom. The van der Waals surface area contributed by atoms with Crippen LogP contribution in [0.1, 0.15) is 26.2 Å². The highest BCUT2D eigenvalue weighted by Crippen LogP contribution is 2.34. The lowest BCUT2D eigenvalue weighted by molar-refractivity contribution is -0.673. The number of ether oxygens (including phenoxy) is 1. The van der Waals surface area contributed by atoms with E-state index in [1.165, 1.54) is 0 Å². The van der Waals surface area contributed by atoms with Gasteiger partial charge in [0, 0.05) is 30.3 Å². The molecule has 0 spiro atoms. The van der Waals surface area contributed by atoms with E-state index < -0.39 is 26.0 Å². The van der Waals surface area contributed by atoms with E-state index in [2.05, 4.69) is 5.48 Å². The Balaban J connectivity index is 1.53. The van der Waals surface area contributed by atoms with Crippen LogP contribution in [-0.2, 0) is 35.8 Å². The average Bonchev–Trinajstić information content (AvgIpc) is 3.53. The van der Waals surface area contributed by atoms with Crippen molar-refractivity contribution in [1.82, 2.24) is 10.4 Å². The topological polar surface area (TPSA) is 142 Å². The van der Waals surface area contributed by atoms with Crippen LogP contribution in [0.25, 0.3) is 28.3 Å². The Morgan fingerprint density at radius 2 is 1.89 bits per heavy atom. The molecule has 1 fully saturated rings. The number of nitrogens with zero attached hydrogens (tertiary/aromatic N) is 2. The summed E-state index contributed by atoms with van der Waals surface area (Å²) < 4.78 is 78.7. The third-order valence-corrected chi connectivity index (χ3v) is 9.34. The molecule has 240 valence electrons. The van der Waals surface area contributed by atoms with Gasteiger partial charge in [-0.3, -0.25) is 0 Å². The minimum atomic E-state index is -4.51. The molecule has 0 bridgehead atoms. The maximum absolute atomic E-state index is 12.4. The molecule has 2 atom stereocenters. The summed E-state index contributed by atoms with van der Waals surface area (Å²) in [6.07, 6.45) is 9.06. The highest BCUT2D eigenvalue weighted by Gasteiger charge is 2.38. The van der Waals surface area contributed by atoms with E-state index in [1.54, 1.807) is 35.8 Å². The van der Waals surface area contributed by atoms with Crippen molar-refractivity contribution < 1.29 is 39.4 Å². The van der Waals surface area contributed by atoms with Crippen LogP contribution in [0.2, 0.25) is 0 Å². The van der Waals surface area contributed by atoms with Gasteiger partial charge in [0.15, 0.2) is 12.4 Å². The summed E-state index contributed by atoms with van der Waals surface area (Å²) in [6.45, 7) is 3.94. The Bertz CT molecular complexity index is 1880. The number of rotatable bonds is 13. The van der Waals surface area contributed by atoms with Gasteiger partial charge in [-0.1, -0.05) is 61.8 Å². The molecule has 14 heteroatoms. The summed E-state index contributed by atoms with van der Waals surface area (Å²) in [7, 11) is -8.37. The van der Waals surface area contributed by atoms with Crippen molar-refractivity contribution in [2.75, 3.05) is 24.6 Å². The van der Waals surface area contributed by atoms with Crippen molar-refractivity contribution in [2.45, 2.75) is 39.0 Å². The first-order valence-corrected chi connectivity index (χ1v) is 18.0. The van der Waals surface area contributed by atoms with Crippen molar-refractivity contribution in [3.8, 4) is 11.1 Å². The molecular formula is C31H34ClN3O8S2. The van der Waals surface area contributed by atoms with Gasteiger partial charge in [-0.2, -0.15) is 22.7 Å². The molecule has 1 aliphatic heterocycles. The predicted molar refractivity (Wildman–Crippen MR) is 170 cm³/mol. The van der Waals surface area contributed by atoms with Gasteiger partial charge in [0.2, 0.25) is 5.58 Å². The number of allylic oxidation sites excluding steroid dienone is 4. The minimum Gasteiger partial charge on any atom is -0.748 e. The maximum Gasteiger partial charge on any atom is 0.374 e. The van der Waals surface area contributed by atoms with Crippen molar-refractivity contribution in [1.29, 1.82) is 0 Å². The smallest absolute Gasteiger partial charge is 0.374 e. The third-order valence-electron chi connectivity index (χ3n) is 7.35. The van der Waals surface area contributed by atoms with Gasteiger partial charge in [0.25, 0.3) is 15.6 Å².